The van der Waals surface area contributed by atoms with Crippen molar-refractivity contribution in [2.45, 2.75) is 29.7 Å². The van der Waals surface area contributed by atoms with Crippen molar-refractivity contribution in [1.29, 1.82) is 0 Å². The monoisotopic (exact) mass is 768 g/mol. The van der Waals surface area contributed by atoms with E-state index in [4.69, 9.17) is 20.0 Å². The minimum Gasteiger partial charge on any atom is -0.495 e. The Morgan fingerprint density at radius 3 is 2.08 bits per heavy atom. The average Bonchev–Trinajstić information content (AvgIpc) is 3.16. The molecule has 0 aliphatic rings. The van der Waals surface area contributed by atoms with Crippen LogP contribution in [-0.4, -0.2) is 59.6 Å². The number of aliphatic hydroxyl groups is 1. The average molecular weight is 769 g/mol. The molecule has 4 aromatic rings. The number of ether oxygens (including phenoxy) is 2. The Morgan fingerprint density at radius 2 is 1.42 bits per heavy atom. The van der Waals surface area contributed by atoms with Gasteiger partial charge in [-0.15, -0.1) is 8.67 Å². The zero-order valence-electron chi connectivity index (χ0n) is 28.1. The van der Waals surface area contributed by atoms with Crippen LogP contribution in [0.2, 0.25) is 0 Å². The lowest BCUT2D eigenvalue weighted by Crippen LogP contribution is -2.32. The smallest absolute Gasteiger partial charge is 0.258 e. The molecular formula is C33H32N6O12S2. The van der Waals surface area contributed by atoms with E-state index in [1.54, 1.807) is 61.5 Å². The van der Waals surface area contributed by atoms with E-state index in [1.807, 2.05) is 0 Å². The van der Waals surface area contributed by atoms with Gasteiger partial charge in [-0.1, -0.05) is 10.1 Å². The maximum Gasteiger partial charge on any atom is 0.258 e. The normalized spacial score (nSPS) is 11.8. The van der Waals surface area contributed by atoms with Crippen LogP contribution < -0.4 is 20.1 Å². The molecule has 0 fully saturated rings. The minimum atomic E-state index is -1.49. The van der Waals surface area contributed by atoms with E-state index in [0.717, 1.165) is 24.1 Å². The lowest BCUT2D eigenvalue weighted by molar-refractivity contribution is -0.432. The van der Waals surface area contributed by atoms with Crippen LogP contribution in [0.5, 0.6) is 11.5 Å². The second kappa shape index (κ2) is 20.7. The van der Waals surface area contributed by atoms with Crippen LogP contribution in [0.15, 0.2) is 109 Å². The second-order valence-corrected chi connectivity index (χ2v) is 12.0. The van der Waals surface area contributed by atoms with E-state index in [1.165, 1.54) is 38.3 Å². The Morgan fingerprint density at radius 1 is 0.774 bits per heavy atom. The summed E-state index contributed by atoms with van der Waals surface area (Å²) in [5, 5.41) is 55.0. The fraction of sp³-hybridized carbons (Fsp3) is 0.182. The number of Topliss-reactive ketones (excluding diaryl/α,β-unsaturated/α-hetero) is 1. The van der Waals surface area contributed by atoms with Crippen LogP contribution in [0.3, 0.4) is 0 Å². The number of nitrogens with zero attached hydrogens (tertiary/aromatic N) is 4. The van der Waals surface area contributed by atoms with Gasteiger partial charge in [0, 0.05) is 21.4 Å². The molecule has 4 aromatic carbocycles. The number of azo groups is 2. The molecule has 0 saturated heterocycles. The van der Waals surface area contributed by atoms with Gasteiger partial charge in [-0.2, -0.15) is 20.5 Å². The Bertz CT molecular complexity index is 1930. The predicted molar refractivity (Wildman–Crippen MR) is 191 cm³/mol. The number of rotatable bonds is 19. The Labute approximate surface area is 310 Å². The van der Waals surface area contributed by atoms with Crippen molar-refractivity contribution in [1.82, 2.24) is 0 Å². The number of amides is 2. The van der Waals surface area contributed by atoms with Crippen LogP contribution in [0.1, 0.15) is 22.8 Å². The Hall–Kier alpha value is -5.29. The fourth-order valence-corrected chi connectivity index (χ4v) is 5.09. The summed E-state index contributed by atoms with van der Waals surface area (Å²) in [6, 6.07) is 19.0. The summed E-state index contributed by atoms with van der Waals surface area (Å²) in [5.41, 5.74) is 2.66. The van der Waals surface area contributed by atoms with Gasteiger partial charge >= 0.3 is 0 Å². The van der Waals surface area contributed by atoms with Gasteiger partial charge in [0.1, 0.15) is 18.1 Å². The third kappa shape index (κ3) is 12.1. The molecule has 0 aliphatic carbocycles. The van der Waals surface area contributed by atoms with Gasteiger partial charge in [-0.3, -0.25) is 14.4 Å². The van der Waals surface area contributed by atoms with E-state index < -0.39 is 23.6 Å². The molecule has 53 heavy (non-hydrogen) atoms. The standard InChI is InChI=1S/C33H32N6O12S2/c1-19-16-27(28(46-3)18-30(19)53-51-49-45)35-33(43)31(20(2)41)39-37-22-6-4-21(5-7-22)32(42)34-26-13-10-24(17-29(26)47-15-14-40)38-36-23-8-11-25(12-9-23)52-50-48-44/h4-13,16-18,31,40,44-45H,14-15H2,1-3H3,(H,34,42)(H,35,43). The zero-order valence-corrected chi connectivity index (χ0v) is 29.8. The largest absolute Gasteiger partial charge is 0.495 e. The van der Waals surface area contributed by atoms with Gasteiger partial charge in [0.05, 0.1) is 66.2 Å². The number of aliphatic hydroxyl groups excluding tert-OH is 1. The highest BCUT2D eigenvalue weighted by Gasteiger charge is 2.25. The molecule has 5 N–H and O–H groups in total. The number of methoxy groups -OCH3 is 1. The molecule has 0 spiro atoms. The molecule has 0 heterocycles. The number of carbonyl (C=O) groups excluding carboxylic acids is 3. The second-order valence-electron chi connectivity index (χ2n) is 10.4. The molecule has 0 saturated carbocycles. The highest BCUT2D eigenvalue weighted by atomic mass is 32.2. The summed E-state index contributed by atoms with van der Waals surface area (Å²) in [5.74, 6) is -1.33. The summed E-state index contributed by atoms with van der Waals surface area (Å²) in [6.45, 7) is 2.61. The number of aryl methyl sites for hydroxylation is 1. The number of carbonyl (C=O) groups is 3. The molecule has 1 atom stereocenters. The van der Waals surface area contributed by atoms with Crippen molar-refractivity contribution < 1.29 is 58.2 Å². The number of anilines is 2. The van der Waals surface area contributed by atoms with Crippen LogP contribution in [0.25, 0.3) is 0 Å². The molecule has 0 aliphatic heterocycles. The molecule has 20 heteroatoms. The van der Waals surface area contributed by atoms with Gasteiger partial charge < -0.3 is 25.2 Å². The first-order chi connectivity index (χ1) is 25.6. The summed E-state index contributed by atoms with van der Waals surface area (Å²) >= 11 is 1.53. The quantitative estimate of drug-likeness (QED) is 0.0203. The molecule has 278 valence electrons. The maximum atomic E-state index is 13.1. The van der Waals surface area contributed by atoms with Crippen LogP contribution >= 0.6 is 24.1 Å². The third-order valence-corrected chi connectivity index (χ3v) is 8.14. The molecular weight excluding hydrogens is 737 g/mol. The van der Waals surface area contributed by atoms with Crippen LogP contribution in [0.4, 0.5) is 28.4 Å². The molecule has 0 radical (unpaired) electrons. The van der Waals surface area contributed by atoms with E-state index >= 15 is 0 Å². The SMILES string of the molecule is COc1cc(SOOO)c(C)cc1NC(=O)C(N=Nc1ccc(C(=O)Nc2ccc(N=Nc3ccc(SOOO)cc3)cc2OCCO)cc1)C(C)=O. The molecule has 4 rings (SSSR count). The Kier molecular flexibility index (Phi) is 15.8. The van der Waals surface area contributed by atoms with Crippen LogP contribution in [-0.2, 0) is 28.3 Å². The summed E-state index contributed by atoms with van der Waals surface area (Å²) in [4.78, 5) is 39.7. The van der Waals surface area contributed by atoms with Crippen molar-refractivity contribution in [2.24, 2.45) is 20.5 Å². The van der Waals surface area contributed by atoms with Crippen molar-refractivity contribution >= 4 is 70.1 Å². The predicted octanol–water partition coefficient (Wildman–Crippen LogP) is 7.58. The van der Waals surface area contributed by atoms with Crippen molar-refractivity contribution in [3.63, 3.8) is 0 Å². The molecule has 0 bridgehead atoms. The van der Waals surface area contributed by atoms with Gasteiger partial charge in [-0.25, -0.2) is 10.5 Å². The molecule has 1 unspecified atom stereocenters. The van der Waals surface area contributed by atoms with Crippen molar-refractivity contribution in [3.05, 3.63) is 90.0 Å². The summed E-state index contributed by atoms with van der Waals surface area (Å²) < 4.78 is 19.8. The first-order valence-electron chi connectivity index (χ1n) is 15.2. The highest BCUT2D eigenvalue weighted by molar-refractivity contribution is 7.94. The van der Waals surface area contributed by atoms with Crippen molar-refractivity contribution in [2.75, 3.05) is 31.0 Å². The third-order valence-electron chi connectivity index (χ3n) is 6.80. The number of ketones is 1. The van der Waals surface area contributed by atoms with Gasteiger partial charge in [-0.05, 0) is 92.2 Å². The van der Waals surface area contributed by atoms with Gasteiger partial charge in [0.15, 0.2) is 5.78 Å². The van der Waals surface area contributed by atoms with Crippen molar-refractivity contribution in [3.8, 4) is 11.5 Å². The lowest BCUT2D eigenvalue weighted by Gasteiger charge is -2.15. The summed E-state index contributed by atoms with van der Waals surface area (Å²) in [7, 11) is 1.39. The van der Waals surface area contributed by atoms with E-state index in [2.05, 4.69) is 49.8 Å². The minimum absolute atomic E-state index is 0.0451. The zero-order chi connectivity index (χ0) is 38.2. The molecule has 18 nitrogen and oxygen atoms in total. The van der Waals surface area contributed by atoms with E-state index in [-0.39, 0.29) is 41.7 Å². The highest BCUT2D eigenvalue weighted by Crippen LogP contribution is 2.35. The van der Waals surface area contributed by atoms with Crippen LogP contribution in [0, 0.1) is 6.92 Å². The molecule has 2 amide bonds. The number of hydrogen-bond donors (Lipinski definition) is 5. The van der Waals surface area contributed by atoms with Gasteiger partial charge in [0.25, 0.3) is 11.8 Å². The number of hydrogen-bond acceptors (Lipinski definition) is 18. The fourth-order valence-electron chi connectivity index (χ4n) is 4.29. The maximum absolute atomic E-state index is 13.1. The van der Waals surface area contributed by atoms with Gasteiger partial charge in [0.2, 0.25) is 6.04 Å². The topological polar surface area (TPSA) is 241 Å². The first-order valence-corrected chi connectivity index (χ1v) is 16.6. The van der Waals surface area contributed by atoms with E-state index in [9.17, 15) is 19.5 Å². The lowest BCUT2D eigenvalue weighted by atomic mass is 10.1. The number of benzene rings is 4. The molecule has 0 aromatic heterocycles. The van der Waals surface area contributed by atoms with E-state index in [0.29, 0.717) is 32.4 Å². The Balaban J connectivity index is 1.42. The summed E-state index contributed by atoms with van der Waals surface area (Å²) in [6.07, 6.45) is 0. The first kappa shape index (κ1) is 40.5. The number of nitrogens with one attached hydrogen (secondary N) is 2.